The third-order valence-electron chi connectivity index (χ3n) is 3.54. The molecule has 0 spiro atoms. The van der Waals surface area contributed by atoms with E-state index < -0.39 is 5.97 Å². The molecule has 1 aliphatic carbocycles. The summed E-state index contributed by atoms with van der Waals surface area (Å²) in [5.41, 5.74) is 6.71. The first-order chi connectivity index (χ1) is 9.15. The molecule has 0 aromatic carbocycles. The number of rotatable bonds is 6. The lowest BCUT2D eigenvalue weighted by atomic mass is 10.1. The maximum absolute atomic E-state index is 11.6. The van der Waals surface area contributed by atoms with E-state index in [0.717, 1.165) is 18.8 Å². The molecule has 5 nitrogen and oxygen atoms in total. The Kier molecular flexibility index (Phi) is 4.24. The van der Waals surface area contributed by atoms with Gasteiger partial charge in [-0.05, 0) is 24.8 Å². The van der Waals surface area contributed by atoms with Crippen molar-refractivity contribution >= 4 is 17.5 Å². The molecule has 1 aliphatic rings. The zero-order valence-electron chi connectivity index (χ0n) is 11.5. The highest BCUT2D eigenvalue weighted by Crippen LogP contribution is 2.35. The van der Waals surface area contributed by atoms with Crippen molar-refractivity contribution in [3.8, 4) is 0 Å². The molecule has 1 aromatic rings. The zero-order valence-corrected chi connectivity index (χ0v) is 11.5. The van der Waals surface area contributed by atoms with Crippen molar-refractivity contribution in [1.29, 1.82) is 0 Å². The molecule has 1 aromatic heterocycles. The Morgan fingerprint density at radius 2 is 2.37 bits per heavy atom. The van der Waals surface area contributed by atoms with Crippen molar-refractivity contribution in [3.63, 3.8) is 0 Å². The Labute approximate surface area is 113 Å². The lowest BCUT2D eigenvalue weighted by Gasteiger charge is -2.19. The minimum absolute atomic E-state index is 0.357. The van der Waals surface area contributed by atoms with Gasteiger partial charge in [0.1, 0.15) is 5.82 Å². The molecule has 1 fully saturated rings. The van der Waals surface area contributed by atoms with Gasteiger partial charge in [-0.1, -0.05) is 19.8 Å². The monoisotopic (exact) mass is 263 g/mol. The fourth-order valence-electron chi connectivity index (χ4n) is 2.15. The van der Waals surface area contributed by atoms with Crippen LogP contribution in [0.5, 0.6) is 0 Å². The molecule has 0 amide bonds. The SMILES string of the molecule is CCC(CC1CC1)Nc1nccc(C(=O)OC)c1N. The first-order valence-corrected chi connectivity index (χ1v) is 6.75. The van der Waals surface area contributed by atoms with Gasteiger partial charge in [0, 0.05) is 12.2 Å². The minimum atomic E-state index is -0.432. The third-order valence-corrected chi connectivity index (χ3v) is 3.54. The summed E-state index contributed by atoms with van der Waals surface area (Å²) in [7, 11) is 1.34. The highest BCUT2D eigenvalue weighted by atomic mass is 16.5. The van der Waals surface area contributed by atoms with Gasteiger partial charge in [0.05, 0.1) is 18.4 Å². The molecule has 1 atom stereocenters. The lowest BCUT2D eigenvalue weighted by Crippen LogP contribution is -2.21. The van der Waals surface area contributed by atoms with E-state index in [1.165, 1.54) is 20.0 Å². The second-order valence-electron chi connectivity index (χ2n) is 5.04. The van der Waals surface area contributed by atoms with Crippen LogP contribution in [0.3, 0.4) is 0 Å². The molecular weight excluding hydrogens is 242 g/mol. The Hall–Kier alpha value is -1.78. The third kappa shape index (κ3) is 3.36. The Morgan fingerprint density at radius 3 is 2.95 bits per heavy atom. The Balaban J connectivity index is 2.12. The predicted molar refractivity (Wildman–Crippen MR) is 75.0 cm³/mol. The van der Waals surface area contributed by atoms with Gasteiger partial charge in [-0.2, -0.15) is 0 Å². The molecule has 5 heteroatoms. The van der Waals surface area contributed by atoms with E-state index in [1.807, 2.05) is 0 Å². The number of nitrogens with one attached hydrogen (secondary N) is 1. The van der Waals surface area contributed by atoms with Crippen LogP contribution in [-0.4, -0.2) is 24.1 Å². The van der Waals surface area contributed by atoms with Crippen LogP contribution in [0.1, 0.15) is 43.0 Å². The molecule has 2 rings (SSSR count). The molecule has 0 aliphatic heterocycles. The van der Waals surface area contributed by atoms with Crippen molar-refractivity contribution < 1.29 is 9.53 Å². The van der Waals surface area contributed by atoms with Crippen LogP contribution >= 0.6 is 0 Å². The summed E-state index contributed by atoms with van der Waals surface area (Å²) in [6.45, 7) is 2.14. The van der Waals surface area contributed by atoms with Gasteiger partial charge in [-0.15, -0.1) is 0 Å². The van der Waals surface area contributed by atoms with Gasteiger partial charge < -0.3 is 15.8 Å². The standard InChI is InChI=1S/C14H21N3O2/c1-3-10(8-9-4-5-9)17-13-12(15)11(6-7-16-13)14(18)19-2/h6-7,9-10H,3-5,8,15H2,1-2H3,(H,16,17). The molecule has 1 unspecified atom stereocenters. The van der Waals surface area contributed by atoms with Crippen molar-refractivity contribution in [1.82, 2.24) is 4.98 Å². The molecule has 0 saturated heterocycles. The summed E-state index contributed by atoms with van der Waals surface area (Å²) in [5, 5.41) is 3.34. The average molecular weight is 263 g/mol. The molecular formula is C14H21N3O2. The number of hydrogen-bond acceptors (Lipinski definition) is 5. The van der Waals surface area contributed by atoms with Crippen molar-refractivity contribution in [2.75, 3.05) is 18.2 Å². The van der Waals surface area contributed by atoms with Crippen LogP contribution in [0.25, 0.3) is 0 Å². The van der Waals surface area contributed by atoms with Gasteiger partial charge in [-0.3, -0.25) is 0 Å². The number of carbonyl (C=O) groups excluding carboxylic acids is 1. The number of aromatic nitrogens is 1. The highest BCUT2D eigenvalue weighted by Gasteiger charge is 2.25. The quantitative estimate of drug-likeness (QED) is 0.771. The first kappa shape index (κ1) is 13.6. The number of pyridine rings is 1. The highest BCUT2D eigenvalue weighted by molar-refractivity contribution is 5.97. The lowest BCUT2D eigenvalue weighted by molar-refractivity contribution is 0.0602. The number of nitrogens with two attached hydrogens (primary N) is 1. The summed E-state index contributed by atoms with van der Waals surface area (Å²) in [5.74, 6) is 0.982. The fraction of sp³-hybridized carbons (Fsp3) is 0.571. The van der Waals surface area contributed by atoms with Gasteiger partial charge >= 0.3 is 5.97 Å². The normalized spacial score (nSPS) is 15.9. The second kappa shape index (κ2) is 5.91. The van der Waals surface area contributed by atoms with E-state index in [9.17, 15) is 4.79 Å². The minimum Gasteiger partial charge on any atom is -0.465 e. The summed E-state index contributed by atoms with van der Waals surface area (Å²) in [4.78, 5) is 15.8. The summed E-state index contributed by atoms with van der Waals surface area (Å²) in [6, 6.07) is 1.93. The molecule has 3 N–H and O–H groups in total. The van der Waals surface area contributed by atoms with Crippen LogP contribution in [0, 0.1) is 5.92 Å². The Morgan fingerprint density at radius 1 is 1.63 bits per heavy atom. The second-order valence-corrected chi connectivity index (χ2v) is 5.04. The molecule has 19 heavy (non-hydrogen) atoms. The van der Waals surface area contributed by atoms with E-state index in [4.69, 9.17) is 10.5 Å². The van der Waals surface area contributed by atoms with Crippen LogP contribution < -0.4 is 11.1 Å². The van der Waals surface area contributed by atoms with E-state index in [2.05, 4.69) is 17.2 Å². The average Bonchev–Trinajstić information content (AvgIpc) is 3.23. The number of hydrogen-bond donors (Lipinski definition) is 2. The van der Waals surface area contributed by atoms with Crippen molar-refractivity contribution in [2.45, 2.75) is 38.6 Å². The van der Waals surface area contributed by atoms with E-state index in [0.29, 0.717) is 23.1 Å². The number of nitrogens with zero attached hydrogens (tertiary/aromatic N) is 1. The number of nitrogen functional groups attached to an aromatic ring is 1. The summed E-state index contributed by atoms with van der Waals surface area (Å²) in [6.07, 6.45) is 6.38. The van der Waals surface area contributed by atoms with Gasteiger partial charge in [0.2, 0.25) is 0 Å². The van der Waals surface area contributed by atoms with Gasteiger partial charge in [0.25, 0.3) is 0 Å². The maximum Gasteiger partial charge on any atom is 0.340 e. The fourth-order valence-corrected chi connectivity index (χ4v) is 2.15. The van der Waals surface area contributed by atoms with Crippen LogP contribution in [-0.2, 0) is 4.74 Å². The van der Waals surface area contributed by atoms with E-state index in [-0.39, 0.29) is 0 Å². The van der Waals surface area contributed by atoms with Gasteiger partial charge in [-0.25, -0.2) is 9.78 Å². The number of carbonyl (C=O) groups is 1. The zero-order chi connectivity index (χ0) is 13.8. The first-order valence-electron chi connectivity index (χ1n) is 6.75. The van der Waals surface area contributed by atoms with Crippen LogP contribution in [0.4, 0.5) is 11.5 Å². The topological polar surface area (TPSA) is 77.2 Å². The van der Waals surface area contributed by atoms with Crippen molar-refractivity contribution in [2.24, 2.45) is 5.92 Å². The summed E-state index contributed by atoms with van der Waals surface area (Å²) < 4.78 is 4.70. The number of esters is 1. The molecule has 1 saturated carbocycles. The molecule has 0 bridgehead atoms. The summed E-state index contributed by atoms with van der Waals surface area (Å²) >= 11 is 0. The van der Waals surface area contributed by atoms with E-state index in [1.54, 1.807) is 12.3 Å². The van der Waals surface area contributed by atoms with Gasteiger partial charge in [0.15, 0.2) is 0 Å². The number of methoxy groups -OCH3 is 1. The smallest absolute Gasteiger partial charge is 0.340 e. The van der Waals surface area contributed by atoms with E-state index >= 15 is 0 Å². The molecule has 0 radical (unpaired) electrons. The molecule has 1 heterocycles. The largest absolute Gasteiger partial charge is 0.465 e. The van der Waals surface area contributed by atoms with Crippen LogP contribution in [0.2, 0.25) is 0 Å². The van der Waals surface area contributed by atoms with Crippen LogP contribution in [0.15, 0.2) is 12.3 Å². The number of ether oxygens (including phenoxy) is 1. The Bertz CT molecular complexity index is 458. The van der Waals surface area contributed by atoms with Crippen molar-refractivity contribution in [3.05, 3.63) is 17.8 Å². The predicted octanol–water partition coefficient (Wildman–Crippen LogP) is 2.44. The maximum atomic E-state index is 11.6. The molecule has 104 valence electrons. The number of anilines is 2.